The van der Waals surface area contributed by atoms with E-state index in [1.165, 1.54) is 0 Å². The molecule has 4 nitrogen and oxygen atoms in total. The molecule has 0 bridgehead atoms. The number of Topliss-reactive ketones (excluding diaryl/α,β-unsaturated/α-hetero) is 1. The lowest BCUT2D eigenvalue weighted by Gasteiger charge is -2.06. The van der Waals surface area contributed by atoms with E-state index in [1.54, 1.807) is 12.1 Å². The van der Waals surface area contributed by atoms with Gasteiger partial charge in [0.1, 0.15) is 5.78 Å². The number of fused-ring (bicyclic) bond motifs is 1. The molecule has 0 aliphatic carbocycles. The number of ketones is 1. The Balaban J connectivity index is 1.84. The lowest BCUT2D eigenvalue weighted by molar-refractivity contribution is -0.117. The van der Waals surface area contributed by atoms with E-state index in [2.05, 4.69) is 10.2 Å². The number of aryl methyl sites for hydroxylation is 1. The van der Waals surface area contributed by atoms with Gasteiger partial charge in [0.05, 0.1) is 17.5 Å². The van der Waals surface area contributed by atoms with Crippen molar-refractivity contribution in [2.45, 2.75) is 19.8 Å². The predicted octanol–water partition coefficient (Wildman–Crippen LogP) is 3.24. The summed E-state index contributed by atoms with van der Waals surface area (Å²) in [5, 5.41) is 8.40. The fraction of sp³-hybridized carbons (Fsp3) is 0.167. The summed E-state index contributed by atoms with van der Waals surface area (Å²) in [6, 6.07) is 12.8. The second kappa shape index (κ2) is 6.34. The number of rotatable bonds is 4. The summed E-state index contributed by atoms with van der Waals surface area (Å²) >= 11 is 6.09. The first-order valence-corrected chi connectivity index (χ1v) is 7.65. The van der Waals surface area contributed by atoms with E-state index in [0.29, 0.717) is 21.5 Å². The molecule has 0 radical (unpaired) electrons. The van der Waals surface area contributed by atoms with Crippen LogP contribution in [0.1, 0.15) is 16.8 Å². The van der Waals surface area contributed by atoms with Gasteiger partial charge in [-0.2, -0.15) is 5.10 Å². The normalized spacial score (nSPS) is 10.9. The van der Waals surface area contributed by atoms with Crippen LogP contribution in [0.3, 0.4) is 0 Å². The summed E-state index contributed by atoms with van der Waals surface area (Å²) in [7, 11) is 0. The largest absolute Gasteiger partial charge is 0.299 e. The number of aromatic nitrogens is 2. The molecular weight excluding hydrogens is 312 g/mol. The van der Waals surface area contributed by atoms with Crippen LogP contribution in [0, 0.1) is 6.92 Å². The molecule has 2 aromatic carbocycles. The van der Waals surface area contributed by atoms with Crippen LogP contribution in [-0.2, 0) is 17.6 Å². The van der Waals surface area contributed by atoms with Crippen molar-refractivity contribution >= 4 is 28.2 Å². The molecule has 1 heterocycles. The molecule has 0 unspecified atom stereocenters. The van der Waals surface area contributed by atoms with Gasteiger partial charge in [-0.1, -0.05) is 41.9 Å². The van der Waals surface area contributed by atoms with Crippen LogP contribution in [0.25, 0.3) is 10.8 Å². The highest BCUT2D eigenvalue weighted by molar-refractivity contribution is 6.31. The lowest BCUT2D eigenvalue weighted by Crippen LogP contribution is -2.14. The van der Waals surface area contributed by atoms with E-state index in [-0.39, 0.29) is 24.2 Å². The number of carbonyl (C=O) groups excluding carboxylic acids is 1. The Kier molecular flexibility index (Phi) is 4.26. The van der Waals surface area contributed by atoms with Crippen LogP contribution in [-0.4, -0.2) is 16.0 Å². The van der Waals surface area contributed by atoms with E-state index >= 15 is 0 Å². The van der Waals surface area contributed by atoms with Gasteiger partial charge in [-0.15, -0.1) is 0 Å². The molecule has 23 heavy (non-hydrogen) atoms. The van der Waals surface area contributed by atoms with Crippen LogP contribution in [0.4, 0.5) is 0 Å². The van der Waals surface area contributed by atoms with E-state index in [0.717, 1.165) is 11.1 Å². The Morgan fingerprint density at radius 2 is 1.87 bits per heavy atom. The van der Waals surface area contributed by atoms with Crippen molar-refractivity contribution < 1.29 is 4.79 Å². The summed E-state index contributed by atoms with van der Waals surface area (Å²) in [4.78, 5) is 24.1. The first-order chi connectivity index (χ1) is 11.0. The zero-order chi connectivity index (χ0) is 16.4. The molecule has 0 spiro atoms. The molecule has 116 valence electrons. The SMILES string of the molecule is Cc1ccc(CC(=O)Cc2n[nH]c(=O)c3ccccc23)cc1Cl. The number of nitrogens with one attached hydrogen (secondary N) is 1. The first kappa shape index (κ1) is 15.4. The van der Waals surface area contributed by atoms with Crippen LogP contribution in [0.2, 0.25) is 5.02 Å². The molecule has 0 atom stereocenters. The zero-order valence-corrected chi connectivity index (χ0v) is 13.4. The smallest absolute Gasteiger partial charge is 0.272 e. The number of hydrogen-bond donors (Lipinski definition) is 1. The standard InChI is InChI=1S/C18H15ClN2O2/c1-11-6-7-12(9-16(11)19)8-13(22)10-17-14-4-2-3-5-15(14)18(23)21-20-17/h2-7,9H,8,10H2,1H3,(H,21,23). The molecule has 3 rings (SSSR count). The van der Waals surface area contributed by atoms with E-state index in [1.807, 2.05) is 37.3 Å². The van der Waals surface area contributed by atoms with Crippen LogP contribution in [0.5, 0.6) is 0 Å². The number of aromatic amines is 1. The summed E-state index contributed by atoms with van der Waals surface area (Å²) in [5.41, 5.74) is 2.20. The number of H-pyrrole nitrogens is 1. The molecule has 1 aromatic heterocycles. The molecule has 0 saturated carbocycles. The number of carbonyl (C=O) groups is 1. The number of benzene rings is 2. The van der Waals surface area contributed by atoms with Crippen molar-refractivity contribution in [2.75, 3.05) is 0 Å². The number of halogens is 1. The van der Waals surface area contributed by atoms with Gasteiger partial charge in [-0.05, 0) is 30.2 Å². The van der Waals surface area contributed by atoms with E-state index in [4.69, 9.17) is 11.6 Å². The Labute approximate surface area is 138 Å². The molecule has 0 fully saturated rings. The molecule has 5 heteroatoms. The monoisotopic (exact) mass is 326 g/mol. The van der Waals surface area contributed by atoms with Gasteiger partial charge in [-0.25, -0.2) is 5.10 Å². The fourth-order valence-electron chi connectivity index (χ4n) is 2.53. The molecule has 0 saturated heterocycles. The van der Waals surface area contributed by atoms with Crippen molar-refractivity contribution in [3.05, 3.63) is 74.7 Å². The fourth-order valence-corrected chi connectivity index (χ4v) is 2.73. The van der Waals surface area contributed by atoms with Gasteiger partial charge < -0.3 is 0 Å². The van der Waals surface area contributed by atoms with Crippen LogP contribution >= 0.6 is 11.6 Å². The maximum atomic E-state index is 12.3. The third-order valence-electron chi connectivity index (χ3n) is 3.78. The molecular formula is C18H15ClN2O2. The predicted molar refractivity (Wildman–Crippen MR) is 91.0 cm³/mol. The minimum absolute atomic E-state index is 0.0228. The number of nitrogens with zero attached hydrogens (tertiary/aromatic N) is 1. The van der Waals surface area contributed by atoms with Crippen LogP contribution < -0.4 is 5.56 Å². The van der Waals surface area contributed by atoms with Gasteiger partial charge in [0.25, 0.3) is 5.56 Å². The second-order valence-corrected chi connectivity index (χ2v) is 5.93. The molecule has 3 aromatic rings. The van der Waals surface area contributed by atoms with Gasteiger partial charge in [0.2, 0.25) is 0 Å². The van der Waals surface area contributed by atoms with Gasteiger partial charge in [0, 0.05) is 16.8 Å². The minimum Gasteiger partial charge on any atom is -0.299 e. The third-order valence-corrected chi connectivity index (χ3v) is 4.18. The first-order valence-electron chi connectivity index (χ1n) is 7.27. The van der Waals surface area contributed by atoms with Crippen molar-refractivity contribution in [2.24, 2.45) is 0 Å². The van der Waals surface area contributed by atoms with Crippen molar-refractivity contribution in [1.29, 1.82) is 0 Å². The maximum absolute atomic E-state index is 12.3. The maximum Gasteiger partial charge on any atom is 0.272 e. The molecule has 0 aliphatic rings. The summed E-state index contributed by atoms with van der Waals surface area (Å²) in [5.74, 6) is 0.0228. The zero-order valence-electron chi connectivity index (χ0n) is 12.6. The molecule has 1 N–H and O–H groups in total. The highest BCUT2D eigenvalue weighted by Gasteiger charge is 2.11. The molecule has 0 amide bonds. The van der Waals surface area contributed by atoms with Gasteiger partial charge >= 0.3 is 0 Å². The minimum atomic E-state index is -0.248. The van der Waals surface area contributed by atoms with E-state index in [9.17, 15) is 9.59 Å². The van der Waals surface area contributed by atoms with Crippen LogP contribution in [0.15, 0.2) is 47.3 Å². The van der Waals surface area contributed by atoms with Crippen molar-refractivity contribution in [3.8, 4) is 0 Å². The Morgan fingerprint density at radius 1 is 1.13 bits per heavy atom. The molecule has 0 aliphatic heterocycles. The lowest BCUT2D eigenvalue weighted by atomic mass is 10.0. The topological polar surface area (TPSA) is 62.8 Å². The Morgan fingerprint density at radius 3 is 2.61 bits per heavy atom. The van der Waals surface area contributed by atoms with Gasteiger partial charge in [-0.3, -0.25) is 9.59 Å². The highest BCUT2D eigenvalue weighted by atomic mass is 35.5. The van der Waals surface area contributed by atoms with Crippen molar-refractivity contribution in [3.63, 3.8) is 0 Å². The second-order valence-electron chi connectivity index (χ2n) is 5.52. The quantitative estimate of drug-likeness (QED) is 0.800. The summed E-state index contributed by atoms with van der Waals surface area (Å²) < 4.78 is 0. The van der Waals surface area contributed by atoms with E-state index < -0.39 is 0 Å². The summed E-state index contributed by atoms with van der Waals surface area (Å²) in [6.07, 6.45) is 0.456. The van der Waals surface area contributed by atoms with Gasteiger partial charge in [0.15, 0.2) is 0 Å². The number of hydrogen-bond acceptors (Lipinski definition) is 3. The Bertz CT molecular complexity index is 947. The average Bonchev–Trinajstić information content (AvgIpc) is 2.54. The Hall–Kier alpha value is -2.46. The third kappa shape index (κ3) is 3.32. The summed E-state index contributed by atoms with van der Waals surface area (Å²) in [6.45, 7) is 1.92. The average molecular weight is 327 g/mol. The highest BCUT2D eigenvalue weighted by Crippen LogP contribution is 2.18. The van der Waals surface area contributed by atoms with Crippen molar-refractivity contribution in [1.82, 2.24) is 10.2 Å².